The van der Waals surface area contributed by atoms with Gasteiger partial charge in [0.1, 0.15) is 10.1 Å². The molecule has 0 atom stereocenters. The molecule has 94 valence electrons. The SMILES string of the molecule is O=S(=O)([O-])c1ccc(NC2CCCCC2)cc1.[Na+]. The van der Waals surface area contributed by atoms with Crippen LogP contribution in [-0.2, 0) is 10.1 Å². The first-order chi connectivity index (χ1) is 8.05. The van der Waals surface area contributed by atoms with Gasteiger partial charge in [0, 0.05) is 11.7 Å². The zero-order valence-corrected chi connectivity index (χ0v) is 13.4. The van der Waals surface area contributed by atoms with Gasteiger partial charge in [0.25, 0.3) is 0 Å². The molecule has 0 bridgehead atoms. The standard InChI is InChI=1S/C12H17NO3S.Na/c14-17(15,16)12-8-6-11(7-9-12)13-10-4-2-1-3-5-10;/h6-10,13H,1-5H2,(H,14,15,16);/q;+1/p-1. The molecule has 0 unspecified atom stereocenters. The van der Waals surface area contributed by atoms with Crippen LogP contribution < -0.4 is 34.9 Å². The summed E-state index contributed by atoms with van der Waals surface area (Å²) in [4.78, 5) is -0.174. The first-order valence-electron chi connectivity index (χ1n) is 5.88. The molecular weight excluding hydrogens is 261 g/mol. The van der Waals surface area contributed by atoms with Crippen molar-refractivity contribution in [3.63, 3.8) is 0 Å². The van der Waals surface area contributed by atoms with Gasteiger partial charge < -0.3 is 9.87 Å². The van der Waals surface area contributed by atoms with Crippen LogP contribution in [0.4, 0.5) is 5.69 Å². The van der Waals surface area contributed by atoms with Gasteiger partial charge in [-0.3, -0.25) is 0 Å². The summed E-state index contributed by atoms with van der Waals surface area (Å²) in [5, 5.41) is 3.36. The number of benzene rings is 1. The van der Waals surface area contributed by atoms with Crippen LogP contribution in [0.2, 0.25) is 0 Å². The van der Waals surface area contributed by atoms with Crippen molar-refractivity contribution in [3.8, 4) is 0 Å². The van der Waals surface area contributed by atoms with Crippen molar-refractivity contribution in [2.45, 2.75) is 43.0 Å². The average molecular weight is 277 g/mol. The quantitative estimate of drug-likeness (QED) is 0.588. The molecule has 1 N–H and O–H groups in total. The summed E-state index contributed by atoms with van der Waals surface area (Å²) in [6.07, 6.45) is 6.09. The molecule has 1 saturated carbocycles. The molecule has 0 amide bonds. The molecule has 0 aliphatic heterocycles. The summed E-state index contributed by atoms with van der Waals surface area (Å²) in [5.41, 5.74) is 0.879. The van der Waals surface area contributed by atoms with E-state index in [-0.39, 0.29) is 34.5 Å². The van der Waals surface area contributed by atoms with E-state index in [0.717, 1.165) is 18.5 Å². The Kier molecular flexibility index (Phi) is 6.14. The van der Waals surface area contributed by atoms with Crippen molar-refractivity contribution in [2.75, 3.05) is 5.32 Å². The fourth-order valence-electron chi connectivity index (χ4n) is 2.20. The molecule has 1 aliphatic rings. The van der Waals surface area contributed by atoms with Crippen LogP contribution in [0.15, 0.2) is 29.2 Å². The molecule has 0 spiro atoms. The predicted molar refractivity (Wildman–Crippen MR) is 64.9 cm³/mol. The maximum absolute atomic E-state index is 10.8. The van der Waals surface area contributed by atoms with E-state index in [2.05, 4.69) is 5.32 Å². The van der Waals surface area contributed by atoms with E-state index >= 15 is 0 Å². The molecule has 0 saturated heterocycles. The van der Waals surface area contributed by atoms with Crippen molar-refractivity contribution >= 4 is 15.8 Å². The number of anilines is 1. The van der Waals surface area contributed by atoms with Crippen LogP contribution in [0.5, 0.6) is 0 Å². The Bertz CT molecular complexity index is 467. The molecule has 1 aliphatic carbocycles. The Hall–Kier alpha value is -0.0700. The van der Waals surface area contributed by atoms with E-state index in [1.165, 1.54) is 31.4 Å². The maximum atomic E-state index is 10.8. The third kappa shape index (κ3) is 4.55. The molecule has 6 heteroatoms. The maximum Gasteiger partial charge on any atom is 1.00 e. The fourth-order valence-corrected chi connectivity index (χ4v) is 2.67. The monoisotopic (exact) mass is 277 g/mol. The Morgan fingerprint density at radius 2 is 1.61 bits per heavy atom. The van der Waals surface area contributed by atoms with Gasteiger partial charge in [-0.2, -0.15) is 0 Å². The van der Waals surface area contributed by atoms with E-state index in [0.29, 0.717) is 6.04 Å². The van der Waals surface area contributed by atoms with Gasteiger partial charge in [0.2, 0.25) is 0 Å². The average Bonchev–Trinajstić information content (AvgIpc) is 2.30. The van der Waals surface area contributed by atoms with Crippen LogP contribution in [0, 0.1) is 0 Å². The van der Waals surface area contributed by atoms with Gasteiger partial charge in [-0.25, -0.2) is 8.42 Å². The summed E-state index contributed by atoms with van der Waals surface area (Å²) in [7, 11) is -4.33. The normalized spacial score (nSPS) is 16.9. The fraction of sp³-hybridized carbons (Fsp3) is 0.500. The Morgan fingerprint density at radius 3 is 2.11 bits per heavy atom. The van der Waals surface area contributed by atoms with Crippen molar-refractivity contribution in [1.29, 1.82) is 0 Å². The zero-order chi connectivity index (χ0) is 12.3. The van der Waals surface area contributed by atoms with Gasteiger partial charge in [-0.05, 0) is 37.1 Å². The molecule has 4 nitrogen and oxygen atoms in total. The zero-order valence-electron chi connectivity index (χ0n) is 10.6. The Labute approximate surface area is 130 Å². The van der Waals surface area contributed by atoms with Crippen molar-refractivity contribution in [2.24, 2.45) is 0 Å². The van der Waals surface area contributed by atoms with E-state index in [1.54, 1.807) is 12.1 Å². The number of hydrogen-bond acceptors (Lipinski definition) is 4. The second kappa shape index (κ2) is 6.91. The first-order valence-corrected chi connectivity index (χ1v) is 7.29. The molecule has 18 heavy (non-hydrogen) atoms. The van der Waals surface area contributed by atoms with E-state index in [9.17, 15) is 13.0 Å². The van der Waals surface area contributed by atoms with Crippen LogP contribution in [0.3, 0.4) is 0 Å². The molecule has 1 aromatic carbocycles. The van der Waals surface area contributed by atoms with Gasteiger partial charge >= 0.3 is 29.6 Å². The summed E-state index contributed by atoms with van der Waals surface area (Å²) in [6, 6.07) is 6.48. The third-order valence-corrected chi connectivity index (χ3v) is 3.97. The minimum atomic E-state index is -4.33. The van der Waals surface area contributed by atoms with Gasteiger partial charge in [-0.1, -0.05) is 19.3 Å². The van der Waals surface area contributed by atoms with Crippen molar-refractivity contribution in [3.05, 3.63) is 24.3 Å². The number of hydrogen-bond donors (Lipinski definition) is 1. The van der Waals surface area contributed by atoms with Crippen LogP contribution in [-0.4, -0.2) is 19.0 Å². The smallest absolute Gasteiger partial charge is 0.744 e. The number of rotatable bonds is 3. The van der Waals surface area contributed by atoms with Crippen LogP contribution in [0.1, 0.15) is 32.1 Å². The van der Waals surface area contributed by atoms with Gasteiger partial charge in [-0.15, -0.1) is 0 Å². The molecule has 1 aromatic rings. The Balaban J connectivity index is 0.00000162. The molecule has 0 radical (unpaired) electrons. The predicted octanol–water partition coefficient (Wildman–Crippen LogP) is -0.661. The molecule has 1 fully saturated rings. The third-order valence-electron chi connectivity index (χ3n) is 3.12. The summed E-state index contributed by atoms with van der Waals surface area (Å²) < 4.78 is 32.3. The second-order valence-electron chi connectivity index (χ2n) is 4.46. The first kappa shape index (κ1) is 16.0. The molecular formula is C12H16NNaO3S. The van der Waals surface area contributed by atoms with E-state index in [1.807, 2.05) is 0 Å². The topological polar surface area (TPSA) is 69.2 Å². The van der Waals surface area contributed by atoms with E-state index in [4.69, 9.17) is 0 Å². The minimum Gasteiger partial charge on any atom is -0.744 e. The van der Waals surface area contributed by atoms with Crippen molar-refractivity contribution < 1.29 is 42.5 Å². The largest absolute Gasteiger partial charge is 1.00 e. The van der Waals surface area contributed by atoms with Gasteiger partial charge in [0.05, 0.1) is 4.90 Å². The molecule has 0 aromatic heterocycles. The Morgan fingerprint density at radius 1 is 1.06 bits per heavy atom. The molecule has 0 heterocycles. The van der Waals surface area contributed by atoms with Crippen LogP contribution >= 0.6 is 0 Å². The summed E-state index contributed by atoms with van der Waals surface area (Å²) in [6.45, 7) is 0. The van der Waals surface area contributed by atoms with Crippen LogP contribution in [0.25, 0.3) is 0 Å². The number of nitrogens with one attached hydrogen (secondary N) is 1. The second-order valence-corrected chi connectivity index (χ2v) is 5.84. The van der Waals surface area contributed by atoms with Gasteiger partial charge in [0.15, 0.2) is 0 Å². The summed E-state index contributed by atoms with van der Waals surface area (Å²) in [5.74, 6) is 0. The molecule has 2 rings (SSSR count). The van der Waals surface area contributed by atoms with E-state index < -0.39 is 10.1 Å². The minimum absolute atomic E-state index is 0. The summed E-state index contributed by atoms with van der Waals surface area (Å²) >= 11 is 0. The van der Waals surface area contributed by atoms with Crippen molar-refractivity contribution in [1.82, 2.24) is 0 Å².